The summed E-state index contributed by atoms with van der Waals surface area (Å²) in [4.78, 5) is 5.66. The van der Waals surface area contributed by atoms with Crippen LogP contribution in [0.3, 0.4) is 0 Å². The van der Waals surface area contributed by atoms with Crippen molar-refractivity contribution in [3.8, 4) is 33.9 Å². The van der Waals surface area contributed by atoms with Crippen molar-refractivity contribution >= 4 is 54.9 Å². The van der Waals surface area contributed by atoms with E-state index < -0.39 is 0 Å². The number of rotatable bonds is 5. The Labute approximate surface area is 288 Å². The van der Waals surface area contributed by atoms with Gasteiger partial charge >= 0.3 is 0 Å². The lowest BCUT2D eigenvalue weighted by Crippen LogP contribution is -2.26. The highest BCUT2D eigenvalue weighted by Gasteiger charge is 2.25. The number of aromatic nitrogens is 5. The van der Waals surface area contributed by atoms with Crippen LogP contribution < -0.4 is 9.30 Å². The lowest BCUT2D eigenvalue weighted by atomic mass is 9.96. The normalized spacial score (nSPS) is 11.8. The second-order valence-corrected chi connectivity index (χ2v) is 12.7. The summed E-state index contributed by atoms with van der Waals surface area (Å²) in [5, 5.41) is 4.55. The molecule has 238 valence electrons. The molecule has 6 heteroatoms. The molecule has 0 fully saturated rings. The predicted octanol–water partition coefficient (Wildman–Crippen LogP) is 9.52. The van der Waals surface area contributed by atoms with Crippen LogP contribution in [0.15, 0.2) is 152 Å². The number of aryl methyl sites for hydroxylation is 1. The number of para-hydroxylation sites is 5. The van der Waals surface area contributed by atoms with Crippen molar-refractivity contribution in [3.63, 3.8) is 0 Å². The third-order valence-electron chi connectivity index (χ3n) is 9.88. The zero-order valence-electron chi connectivity index (χ0n) is 27.6. The molecule has 6 aromatic carbocycles. The number of pyridine rings is 1. The first kappa shape index (κ1) is 28.4. The highest BCUT2D eigenvalue weighted by molar-refractivity contribution is 6.26. The third kappa shape index (κ3) is 4.08. The molecule has 0 aliphatic carbocycles. The Morgan fingerprint density at radius 1 is 0.560 bits per heavy atom. The molecule has 0 saturated carbocycles. The average Bonchev–Trinajstić information content (AvgIpc) is 3.81. The van der Waals surface area contributed by atoms with Crippen LogP contribution >= 0.6 is 0 Å². The fraction of sp³-hybridized carbons (Fsp3) is 0.0455. The molecule has 10 aromatic rings. The van der Waals surface area contributed by atoms with Gasteiger partial charge in [-0.15, -0.1) is 0 Å². The van der Waals surface area contributed by atoms with E-state index in [-0.39, 0.29) is 0 Å². The van der Waals surface area contributed by atoms with Crippen LogP contribution in [0.2, 0.25) is 0 Å². The summed E-state index contributed by atoms with van der Waals surface area (Å²) < 4.78 is 14.4. The van der Waals surface area contributed by atoms with Gasteiger partial charge in [0.15, 0.2) is 0 Å². The fourth-order valence-corrected chi connectivity index (χ4v) is 7.69. The summed E-state index contributed by atoms with van der Waals surface area (Å²) in [6.45, 7) is 0. The Hall–Kier alpha value is -6.66. The molecule has 0 bridgehead atoms. The first-order chi connectivity index (χ1) is 24.7. The molecular weight excluding hydrogens is 615 g/mol. The maximum Gasteiger partial charge on any atom is 0.244 e. The number of hydrogen-bond acceptors (Lipinski definition) is 2. The van der Waals surface area contributed by atoms with Crippen molar-refractivity contribution in [2.75, 3.05) is 7.11 Å². The molecule has 4 aromatic heterocycles. The van der Waals surface area contributed by atoms with Crippen LogP contribution in [-0.4, -0.2) is 25.8 Å². The van der Waals surface area contributed by atoms with E-state index in [0.717, 1.165) is 88.8 Å². The van der Waals surface area contributed by atoms with Crippen molar-refractivity contribution < 1.29 is 9.30 Å². The van der Waals surface area contributed by atoms with Crippen molar-refractivity contribution in [3.05, 3.63) is 158 Å². The predicted molar refractivity (Wildman–Crippen MR) is 202 cm³/mol. The second-order valence-electron chi connectivity index (χ2n) is 12.7. The van der Waals surface area contributed by atoms with E-state index in [1.54, 1.807) is 7.11 Å². The summed E-state index contributed by atoms with van der Waals surface area (Å²) in [6.07, 6.45) is 3.52. The van der Waals surface area contributed by atoms with Gasteiger partial charge < -0.3 is 13.9 Å². The van der Waals surface area contributed by atoms with E-state index >= 15 is 0 Å². The van der Waals surface area contributed by atoms with Crippen LogP contribution in [0.1, 0.15) is 0 Å². The summed E-state index contributed by atoms with van der Waals surface area (Å²) in [5.74, 6) is 0.823. The topological polar surface area (TPSA) is 40.8 Å². The summed E-state index contributed by atoms with van der Waals surface area (Å²) >= 11 is 0. The number of fused-ring (bicyclic) bond motifs is 7. The maximum atomic E-state index is 5.66. The first-order valence-corrected chi connectivity index (χ1v) is 16.8. The Bertz CT molecular complexity index is 2910. The quantitative estimate of drug-likeness (QED) is 0.138. The molecule has 0 radical (unpaired) electrons. The Morgan fingerprint density at radius 2 is 1.12 bits per heavy atom. The summed E-state index contributed by atoms with van der Waals surface area (Å²) in [7, 11) is 3.75. The molecule has 0 amide bonds. The SMILES string of the molecule is COc1ccc(-c2c3c4ccccc4n(-c4ccccc4)c3nc3c2c2ccccc2n3-c2cccc(-n3[c-][n+](C)c4ccccc43)c2)cc1. The number of nitrogens with zero attached hydrogens (tertiary/aromatic N) is 5. The van der Waals surface area contributed by atoms with E-state index in [1.165, 1.54) is 0 Å². The molecule has 0 spiro atoms. The number of ether oxygens (including phenoxy) is 1. The van der Waals surface area contributed by atoms with Gasteiger partial charge in [-0.25, -0.2) is 4.98 Å². The molecule has 50 heavy (non-hydrogen) atoms. The van der Waals surface area contributed by atoms with Crippen molar-refractivity contribution in [1.29, 1.82) is 0 Å². The molecule has 0 N–H and O–H groups in total. The number of imidazole rings is 1. The molecule has 0 saturated heterocycles. The zero-order chi connectivity index (χ0) is 33.3. The minimum atomic E-state index is 0.823. The molecule has 0 aliphatic heterocycles. The van der Waals surface area contributed by atoms with Crippen molar-refractivity contribution in [2.24, 2.45) is 7.05 Å². The van der Waals surface area contributed by atoms with Crippen LogP contribution in [0.5, 0.6) is 5.75 Å². The minimum Gasteiger partial charge on any atom is -0.497 e. The standard InChI is InChI=1S/C44H31N5O/c1-46-28-47(39-22-11-10-21-38(39)46)31-15-12-16-32(27-31)49-37-20-9-7-18-35(37)42-40(29-23-25-33(50-2)26-24-29)41-34-17-6-8-19-36(34)48(43(41)45-44(42)49)30-13-4-3-5-14-30/h3-27H,1-2H3. The van der Waals surface area contributed by atoms with Gasteiger partial charge in [-0.3, -0.25) is 9.13 Å². The summed E-state index contributed by atoms with van der Waals surface area (Å²) in [5.41, 5.74) is 11.6. The largest absolute Gasteiger partial charge is 0.497 e. The molecule has 0 unspecified atom stereocenters. The molecule has 6 nitrogen and oxygen atoms in total. The van der Waals surface area contributed by atoms with Gasteiger partial charge in [0.25, 0.3) is 0 Å². The van der Waals surface area contributed by atoms with Gasteiger partial charge in [0, 0.05) is 38.5 Å². The zero-order valence-corrected chi connectivity index (χ0v) is 27.6. The van der Waals surface area contributed by atoms with E-state index in [2.05, 4.69) is 160 Å². The third-order valence-corrected chi connectivity index (χ3v) is 9.88. The van der Waals surface area contributed by atoms with E-state index in [0.29, 0.717) is 0 Å². The Kier molecular flexibility index (Phi) is 6.20. The highest BCUT2D eigenvalue weighted by Crippen LogP contribution is 2.45. The van der Waals surface area contributed by atoms with E-state index in [1.807, 2.05) is 23.7 Å². The van der Waals surface area contributed by atoms with Gasteiger partial charge in [-0.1, -0.05) is 103 Å². The van der Waals surface area contributed by atoms with Gasteiger partial charge in [0.1, 0.15) is 17.0 Å². The van der Waals surface area contributed by atoms with Crippen molar-refractivity contribution in [1.82, 2.24) is 18.7 Å². The van der Waals surface area contributed by atoms with Gasteiger partial charge in [-0.05, 0) is 54.1 Å². The van der Waals surface area contributed by atoms with Gasteiger partial charge in [0.05, 0.1) is 41.9 Å². The van der Waals surface area contributed by atoms with E-state index in [9.17, 15) is 0 Å². The number of hydrogen-bond donors (Lipinski definition) is 0. The molecular formula is C44H31N5O. The number of benzene rings is 6. The smallest absolute Gasteiger partial charge is 0.244 e. The Morgan fingerprint density at radius 3 is 1.80 bits per heavy atom. The van der Waals surface area contributed by atoms with Crippen LogP contribution in [-0.2, 0) is 7.05 Å². The lowest BCUT2D eigenvalue weighted by molar-refractivity contribution is -0.649. The average molecular weight is 646 g/mol. The first-order valence-electron chi connectivity index (χ1n) is 16.8. The molecule has 0 aliphatic rings. The van der Waals surface area contributed by atoms with Crippen LogP contribution in [0.4, 0.5) is 0 Å². The molecule has 0 atom stereocenters. The Balaban J connectivity index is 1.37. The fourth-order valence-electron chi connectivity index (χ4n) is 7.69. The van der Waals surface area contributed by atoms with Crippen LogP contribution in [0, 0.1) is 6.33 Å². The summed E-state index contributed by atoms with van der Waals surface area (Å²) in [6, 6.07) is 53.4. The minimum absolute atomic E-state index is 0.823. The van der Waals surface area contributed by atoms with Crippen LogP contribution in [0.25, 0.3) is 83.1 Å². The molecule has 10 rings (SSSR count). The van der Waals surface area contributed by atoms with Gasteiger partial charge in [-0.2, -0.15) is 0 Å². The molecule has 4 heterocycles. The second kappa shape index (κ2) is 10.9. The maximum absolute atomic E-state index is 5.66. The highest BCUT2D eigenvalue weighted by atomic mass is 16.5. The lowest BCUT2D eigenvalue weighted by Gasteiger charge is -2.13. The number of methoxy groups -OCH3 is 1. The monoisotopic (exact) mass is 645 g/mol. The van der Waals surface area contributed by atoms with Gasteiger partial charge in [0.2, 0.25) is 6.33 Å². The van der Waals surface area contributed by atoms with E-state index in [4.69, 9.17) is 9.72 Å². The van der Waals surface area contributed by atoms with Crippen molar-refractivity contribution in [2.45, 2.75) is 0 Å².